The minimum Gasteiger partial charge on any atom is -0.370 e. The lowest BCUT2D eigenvalue weighted by molar-refractivity contribution is 0.952. The van der Waals surface area contributed by atoms with E-state index in [0.717, 1.165) is 34.4 Å². The van der Waals surface area contributed by atoms with Crippen LogP contribution in [0.25, 0.3) is 11.2 Å². The quantitative estimate of drug-likeness (QED) is 0.694. The van der Waals surface area contributed by atoms with Gasteiger partial charge in [-0.3, -0.25) is 0 Å². The molecule has 7 nitrogen and oxygen atoms in total. The number of hydrogen-bond acceptors (Lipinski definition) is 7. The lowest BCUT2D eigenvalue weighted by atomic mass is 10.4. The Morgan fingerprint density at radius 1 is 1.15 bits per heavy atom. The van der Waals surface area contributed by atoms with Gasteiger partial charge in [0.15, 0.2) is 5.65 Å². The van der Waals surface area contributed by atoms with Crippen molar-refractivity contribution in [1.82, 2.24) is 29.9 Å². The van der Waals surface area contributed by atoms with E-state index in [9.17, 15) is 0 Å². The molecule has 0 aliphatic carbocycles. The first-order chi connectivity index (χ1) is 9.86. The predicted molar refractivity (Wildman–Crippen MR) is 76.6 cm³/mol. The summed E-state index contributed by atoms with van der Waals surface area (Å²) in [6.07, 6.45) is 5.71. The summed E-state index contributed by atoms with van der Waals surface area (Å²) in [7, 11) is 0. The van der Waals surface area contributed by atoms with E-state index in [4.69, 9.17) is 0 Å². The molecule has 0 radical (unpaired) electrons. The van der Waals surface area contributed by atoms with E-state index in [-0.39, 0.29) is 0 Å². The average molecular weight is 287 g/mol. The first-order valence-corrected chi connectivity index (χ1v) is 7.06. The van der Waals surface area contributed by atoms with E-state index in [1.807, 2.05) is 6.07 Å². The molecule has 3 heterocycles. The highest BCUT2D eigenvalue weighted by Crippen LogP contribution is 2.28. The zero-order chi connectivity index (χ0) is 13.8. The van der Waals surface area contributed by atoms with Crippen molar-refractivity contribution in [3.05, 3.63) is 25.0 Å². The number of imidazole rings is 1. The molecule has 0 aliphatic rings. The maximum Gasteiger partial charge on any atom is 0.181 e. The molecule has 102 valence electrons. The highest BCUT2D eigenvalue weighted by atomic mass is 32.2. The van der Waals surface area contributed by atoms with Crippen LogP contribution in [-0.2, 0) is 0 Å². The molecule has 0 fully saturated rings. The number of nitrogens with zero attached hydrogens (tertiary/aromatic N) is 5. The molecular formula is C12H13N7S. The van der Waals surface area contributed by atoms with Crippen LogP contribution >= 0.6 is 11.8 Å². The molecule has 0 saturated heterocycles. The number of hydrogen-bond donors (Lipinski definition) is 2. The molecule has 20 heavy (non-hydrogen) atoms. The molecule has 0 aromatic carbocycles. The van der Waals surface area contributed by atoms with Crippen LogP contribution in [0.3, 0.4) is 0 Å². The normalized spacial score (nSPS) is 10.8. The fourth-order valence-electron chi connectivity index (χ4n) is 1.66. The minimum absolute atomic E-state index is 0.654. The first-order valence-electron chi connectivity index (χ1n) is 6.24. The van der Waals surface area contributed by atoms with E-state index in [0.29, 0.717) is 5.65 Å². The maximum atomic E-state index is 4.27. The van der Waals surface area contributed by atoms with Crippen molar-refractivity contribution in [1.29, 1.82) is 0 Å². The third-order valence-corrected chi connectivity index (χ3v) is 3.52. The van der Waals surface area contributed by atoms with Crippen LogP contribution in [0.1, 0.15) is 13.3 Å². The third kappa shape index (κ3) is 2.69. The summed E-state index contributed by atoms with van der Waals surface area (Å²) >= 11 is 1.46. The largest absolute Gasteiger partial charge is 0.370 e. The van der Waals surface area contributed by atoms with Crippen molar-refractivity contribution in [3.63, 3.8) is 0 Å². The van der Waals surface area contributed by atoms with Gasteiger partial charge in [-0.1, -0.05) is 6.92 Å². The van der Waals surface area contributed by atoms with Gasteiger partial charge in [-0.05, 0) is 18.2 Å². The van der Waals surface area contributed by atoms with Gasteiger partial charge in [0.05, 0.1) is 6.33 Å². The number of nitrogens with one attached hydrogen (secondary N) is 2. The molecule has 8 heteroatoms. The Bertz CT molecular complexity index is 712. The number of anilines is 1. The molecule has 3 aromatic rings. The highest BCUT2D eigenvalue weighted by Gasteiger charge is 2.09. The standard InChI is InChI=1S/C12H13N7S/c1-2-3-13-8-4-9(15-5-14-8)20-12-10-11(17-6-16-10)18-7-19-12/h4-7H,2-3H2,1H3,(H,13,14,15)(H,16,17,18,19). The van der Waals surface area contributed by atoms with Gasteiger partial charge in [-0.2, -0.15) is 0 Å². The Morgan fingerprint density at radius 3 is 2.95 bits per heavy atom. The van der Waals surface area contributed by atoms with Gasteiger partial charge >= 0.3 is 0 Å². The minimum atomic E-state index is 0.654. The number of aromatic nitrogens is 6. The van der Waals surface area contributed by atoms with E-state index < -0.39 is 0 Å². The van der Waals surface area contributed by atoms with Crippen LogP contribution in [0.15, 0.2) is 35.1 Å². The highest BCUT2D eigenvalue weighted by molar-refractivity contribution is 7.99. The van der Waals surface area contributed by atoms with Gasteiger partial charge in [-0.25, -0.2) is 24.9 Å². The van der Waals surface area contributed by atoms with Crippen LogP contribution < -0.4 is 5.32 Å². The molecule has 0 unspecified atom stereocenters. The summed E-state index contributed by atoms with van der Waals surface area (Å²) in [5.41, 5.74) is 1.47. The second kappa shape index (κ2) is 5.83. The lowest BCUT2D eigenvalue weighted by Crippen LogP contribution is -2.02. The number of rotatable bonds is 5. The van der Waals surface area contributed by atoms with Crippen molar-refractivity contribution in [2.75, 3.05) is 11.9 Å². The first kappa shape index (κ1) is 12.8. The van der Waals surface area contributed by atoms with E-state index in [1.165, 1.54) is 18.1 Å². The van der Waals surface area contributed by atoms with Gasteiger partial charge in [0.25, 0.3) is 0 Å². The zero-order valence-electron chi connectivity index (χ0n) is 10.9. The molecule has 0 amide bonds. The Labute approximate surface area is 119 Å². The van der Waals surface area contributed by atoms with Crippen molar-refractivity contribution in [3.8, 4) is 0 Å². The second-order valence-corrected chi connectivity index (χ2v) is 5.06. The van der Waals surface area contributed by atoms with Gasteiger partial charge in [0.2, 0.25) is 0 Å². The molecule has 0 spiro atoms. The van der Waals surface area contributed by atoms with Crippen LogP contribution in [0.4, 0.5) is 5.82 Å². The SMILES string of the molecule is CCCNc1cc(Sc2ncnc3nc[nH]c23)ncn1. The zero-order valence-corrected chi connectivity index (χ0v) is 11.7. The number of H-pyrrole nitrogens is 1. The van der Waals surface area contributed by atoms with Gasteiger partial charge < -0.3 is 10.3 Å². The summed E-state index contributed by atoms with van der Waals surface area (Å²) in [5, 5.41) is 4.86. The van der Waals surface area contributed by atoms with Gasteiger partial charge in [0, 0.05) is 12.6 Å². The Balaban J connectivity index is 1.85. The summed E-state index contributed by atoms with van der Waals surface area (Å²) in [4.78, 5) is 23.9. The van der Waals surface area contributed by atoms with Crippen LogP contribution in [-0.4, -0.2) is 36.4 Å². The van der Waals surface area contributed by atoms with Crippen molar-refractivity contribution < 1.29 is 0 Å². The summed E-state index contributed by atoms with van der Waals surface area (Å²) in [5.74, 6) is 0.819. The average Bonchev–Trinajstić information content (AvgIpc) is 2.95. The van der Waals surface area contributed by atoms with Crippen molar-refractivity contribution in [2.45, 2.75) is 23.4 Å². The molecule has 3 rings (SSSR count). The van der Waals surface area contributed by atoms with E-state index in [1.54, 1.807) is 12.7 Å². The van der Waals surface area contributed by atoms with Gasteiger partial charge in [-0.15, -0.1) is 0 Å². The molecule has 0 aliphatic heterocycles. The summed E-state index contributed by atoms with van der Waals surface area (Å²) in [6.45, 7) is 3.00. The van der Waals surface area contributed by atoms with E-state index in [2.05, 4.69) is 42.1 Å². The monoisotopic (exact) mass is 287 g/mol. The molecular weight excluding hydrogens is 274 g/mol. The van der Waals surface area contributed by atoms with Crippen LogP contribution in [0, 0.1) is 0 Å². The van der Waals surface area contributed by atoms with Crippen molar-refractivity contribution >= 4 is 28.7 Å². The topological polar surface area (TPSA) is 92.3 Å². The fourth-order valence-corrected chi connectivity index (χ4v) is 2.48. The molecule has 0 atom stereocenters. The lowest BCUT2D eigenvalue weighted by Gasteiger charge is -2.05. The predicted octanol–water partition coefficient (Wildman–Crippen LogP) is 2.12. The molecule has 0 bridgehead atoms. The summed E-state index contributed by atoms with van der Waals surface area (Å²) in [6, 6.07) is 1.91. The molecule has 2 N–H and O–H groups in total. The Hall–Kier alpha value is -2.22. The Kier molecular flexibility index (Phi) is 3.73. The van der Waals surface area contributed by atoms with E-state index >= 15 is 0 Å². The van der Waals surface area contributed by atoms with Gasteiger partial charge in [0.1, 0.15) is 34.0 Å². The maximum absolute atomic E-state index is 4.27. The van der Waals surface area contributed by atoms with Crippen LogP contribution in [0.2, 0.25) is 0 Å². The van der Waals surface area contributed by atoms with Crippen LogP contribution in [0.5, 0.6) is 0 Å². The molecule has 3 aromatic heterocycles. The third-order valence-electron chi connectivity index (χ3n) is 2.59. The second-order valence-electron chi connectivity index (χ2n) is 4.05. The molecule has 0 saturated carbocycles. The smallest absolute Gasteiger partial charge is 0.181 e. The number of aromatic amines is 1. The van der Waals surface area contributed by atoms with Crippen molar-refractivity contribution in [2.24, 2.45) is 0 Å². The summed E-state index contributed by atoms with van der Waals surface area (Å²) < 4.78 is 0. The fraction of sp³-hybridized carbons (Fsp3) is 0.250. The number of fused-ring (bicyclic) bond motifs is 1. The Morgan fingerprint density at radius 2 is 2.05 bits per heavy atom.